The third-order valence-electron chi connectivity index (χ3n) is 4.11. The minimum atomic E-state index is -0.809. The summed E-state index contributed by atoms with van der Waals surface area (Å²) in [6.45, 7) is 2.66. The molecule has 1 aliphatic heterocycles. The number of hydrogen-bond donors (Lipinski definition) is 1. The van der Waals surface area contributed by atoms with Crippen LogP contribution in [0.25, 0.3) is 10.9 Å². The molecule has 2 aromatic rings. The first-order valence-electron chi connectivity index (χ1n) is 6.94. The van der Waals surface area contributed by atoms with Gasteiger partial charge in [-0.25, -0.2) is 4.98 Å². The van der Waals surface area contributed by atoms with Gasteiger partial charge in [0.25, 0.3) is 5.91 Å². The van der Waals surface area contributed by atoms with Crippen molar-refractivity contribution in [1.29, 1.82) is 0 Å². The molecule has 1 aromatic carbocycles. The van der Waals surface area contributed by atoms with E-state index in [2.05, 4.69) is 4.98 Å². The van der Waals surface area contributed by atoms with E-state index in [9.17, 15) is 9.59 Å². The molecule has 108 valence electrons. The van der Waals surface area contributed by atoms with Crippen molar-refractivity contribution in [3.8, 4) is 0 Å². The fraction of sp³-hybridized carbons (Fsp3) is 0.312. The van der Waals surface area contributed by atoms with E-state index in [1.54, 1.807) is 17.9 Å². The lowest BCUT2D eigenvalue weighted by atomic mass is 9.87. The summed E-state index contributed by atoms with van der Waals surface area (Å²) in [5, 5.41) is 9.96. The Bertz CT molecular complexity index is 707. The van der Waals surface area contributed by atoms with E-state index in [1.165, 1.54) is 0 Å². The maximum absolute atomic E-state index is 12.3. The van der Waals surface area contributed by atoms with Gasteiger partial charge in [0.05, 0.1) is 11.4 Å². The number of pyridine rings is 1. The predicted octanol–water partition coefficient (Wildman–Crippen LogP) is 2.03. The molecule has 5 heteroatoms. The Morgan fingerprint density at radius 3 is 2.67 bits per heavy atom. The number of aliphatic carboxylic acids is 1. The number of fused-ring (bicyclic) bond motifs is 1. The number of nitrogens with zero attached hydrogens (tertiary/aromatic N) is 2. The van der Waals surface area contributed by atoms with Crippen LogP contribution in [0.5, 0.6) is 0 Å². The molecule has 0 bridgehead atoms. The molecule has 0 aliphatic carbocycles. The van der Waals surface area contributed by atoms with Crippen molar-refractivity contribution >= 4 is 22.8 Å². The van der Waals surface area contributed by atoms with E-state index in [0.29, 0.717) is 18.8 Å². The Kier molecular flexibility index (Phi) is 3.33. The fourth-order valence-corrected chi connectivity index (χ4v) is 2.54. The lowest BCUT2D eigenvalue weighted by molar-refractivity contribution is -0.144. The molecule has 2 heterocycles. The largest absolute Gasteiger partial charge is 0.481 e. The van der Waals surface area contributed by atoms with Gasteiger partial charge in [-0.1, -0.05) is 31.2 Å². The van der Waals surface area contributed by atoms with Crippen molar-refractivity contribution in [3.63, 3.8) is 0 Å². The number of benzene rings is 1. The van der Waals surface area contributed by atoms with Crippen LogP contribution >= 0.6 is 0 Å². The molecule has 1 atom stereocenters. The summed E-state index contributed by atoms with van der Waals surface area (Å²) in [4.78, 5) is 29.3. The zero-order chi connectivity index (χ0) is 15.0. The summed E-state index contributed by atoms with van der Waals surface area (Å²) in [5.74, 6) is -1.32. The highest BCUT2D eigenvalue weighted by Gasteiger charge is 2.37. The molecular formula is C16H16N2O3. The summed E-state index contributed by atoms with van der Waals surface area (Å²) in [6, 6.07) is 11.2. The minimum absolute atomic E-state index is 0.0342. The van der Waals surface area contributed by atoms with Gasteiger partial charge in [0, 0.05) is 24.4 Å². The van der Waals surface area contributed by atoms with Gasteiger partial charge in [0.2, 0.25) is 0 Å². The molecule has 1 aromatic heterocycles. The number of para-hydroxylation sites is 1. The van der Waals surface area contributed by atoms with E-state index >= 15 is 0 Å². The van der Waals surface area contributed by atoms with E-state index in [4.69, 9.17) is 5.11 Å². The van der Waals surface area contributed by atoms with E-state index in [1.807, 2.05) is 30.3 Å². The van der Waals surface area contributed by atoms with Crippen molar-refractivity contribution in [3.05, 3.63) is 42.1 Å². The first-order chi connectivity index (χ1) is 10.1. The maximum atomic E-state index is 12.3. The summed E-state index contributed by atoms with van der Waals surface area (Å²) in [5.41, 5.74) is 1.20. The van der Waals surface area contributed by atoms with Crippen molar-refractivity contribution in [1.82, 2.24) is 9.88 Å². The molecule has 1 saturated heterocycles. The van der Waals surface area contributed by atoms with Gasteiger partial charge in [-0.15, -0.1) is 0 Å². The van der Waals surface area contributed by atoms with Crippen molar-refractivity contribution in [2.24, 2.45) is 11.8 Å². The molecule has 1 aliphatic rings. The SMILES string of the molecule is CC(C(=O)O)C1CN(C(=O)c2ccc3ccccc3n2)C1. The van der Waals surface area contributed by atoms with Crippen LogP contribution in [0.15, 0.2) is 36.4 Å². The van der Waals surface area contributed by atoms with E-state index in [-0.39, 0.29) is 11.8 Å². The molecule has 0 saturated carbocycles. The minimum Gasteiger partial charge on any atom is -0.481 e. The van der Waals surface area contributed by atoms with Crippen LogP contribution in [-0.4, -0.2) is 40.0 Å². The number of hydrogen-bond acceptors (Lipinski definition) is 3. The van der Waals surface area contributed by atoms with Crippen LogP contribution in [-0.2, 0) is 4.79 Å². The number of carbonyl (C=O) groups is 2. The average molecular weight is 284 g/mol. The second-order valence-corrected chi connectivity index (χ2v) is 5.49. The predicted molar refractivity (Wildman–Crippen MR) is 77.9 cm³/mol. The van der Waals surface area contributed by atoms with Crippen LogP contribution in [0.1, 0.15) is 17.4 Å². The average Bonchev–Trinajstić information content (AvgIpc) is 2.44. The van der Waals surface area contributed by atoms with Gasteiger partial charge in [-0.3, -0.25) is 9.59 Å². The molecule has 0 spiro atoms. The summed E-state index contributed by atoms with van der Waals surface area (Å²) >= 11 is 0. The van der Waals surface area contributed by atoms with E-state index < -0.39 is 11.9 Å². The number of rotatable bonds is 3. The van der Waals surface area contributed by atoms with Crippen LogP contribution in [0.4, 0.5) is 0 Å². The van der Waals surface area contributed by atoms with Gasteiger partial charge >= 0.3 is 5.97 Å². The van der Waals surface area contributed by atoms with E-state index in [0.717, 1.165) is 10.9 Å². The molecule has 1 N–H and O–H groups in total. The number of carbonyl (C=O) groups excluding carboxylic acids is 1. The standard InChI is InChI=1S/C16H16N2O3/c1-10(16(20)21)12-8-18(9-12)15(19)14-7-6-11-4-2-3-5-13(11)17-14/h2-7,10,12H,8-9H2,1H3,(H,20,21). The third-order valence-corrected chi connectivity index (χ3v) is 4.11. The highest BCUT2D eigenvalue weighted by atomic mass is 16.4. The van der Waals surface area contributed by atoms with Crippen LogP contribution in [0.3, 0.4) is 0 Å². The Morgan fingerprint density at radius 2 is 1.95 bits per heavy atom. The first kappa shape index (κ1) is 13.5. The Morgan fingerprint density at radius 1 is 1.24 bits per heavy atom. The topological polar surface area (TPSA) is 70.5 Å². The number of carboxylic acids is 1. The van der Waals surface area contributed by atoms with Crippen molar-refractivity contribution in [2.45, 2.75) is 6.92 Å². The normalized spacial score (nSPS) is 16.5. The lowest BCUT2D eigenvalue weighted by Crippen LogP contribution is -2.53. The first-order valence-corrected chi connectivity index (χ1v) is 6.94. The van der Waals surface area contributed by atoms with Gasteiger partial charge in [0.1, 0.15) is 5.69 Å². The molecule has 1 unspecified atom stereocenters. The number of carboxylic acid groups (broad SMARTS) is 1. The number of likely N-dealkylation sites (tertiary alicyclic amines) is 1. The summed E-state index contributed by atoms with van der Waals surface area (Å²) in [7, 11) is 0. The zero-order valence-electron chi connectivity index (χ0n) is 11.7. The smallest absolute Gasteiger partial charge is 0.306 e. The second kappa shape index (κ2) is 5.16. The molecule has 0 radical (unpaired) electrons. The zero-order valence-corrected chi connectivity index (χ0v) is 11.7. The highest BCUT2D eigenvalue weighted by Crippen LogP contribution is 2.25. The van der Waals surface area contributed by atoms with Crippen LogP contribution < -0.4 is 0 Å². The molecular weight excluding hydrogens is 268 g/mol. The molecule has 21 heavy (non-hydrogen) atoms. The Hall–Kier alpha value is -2.43. The number of amides is 1. The van der Waals surface area contributed by atoms with Gasteiger partial charge in [0.15, 0.2) is 0 Å². The fourth-order valence-electron chi connectivity index (χ4n) is 2.54. The molecule has 1 fully saturated rings. The highest BCUT2D eigenvalue weighted by molar-refractivity contribution is 5.95. The van der Waals surface area contributed by atoms with Gasteiger partial charge in [-0.05, 0) is 12.1 Å². The second-order valence-electron chi connectivity index (χ2n) is 5.49. The Labute approximate surface area is 122 Å². The van der Waals surface area contributed by atoms with Crippen LogP contribution in [0, 0.1) is 11.8 Å². The summed E-state index contributed by atoms with van der Waals surface area (Å²) < 4.78 is 0. The van der Waals surface area contributed by atoms with Crippen molar-refractivity contribution < 1.29 is 14.7 Å². The monoisotopic (exact) mass is 284 g/mol. The maximum Gasteiger partial charge on any atom is 0.306 e. The quantitative estimate of drug-likeness (QED) is 0.936. The molecule has 3 rings (SSSR count). The molecule has 1 amide bonds. The van der Waals surface area contributed by atoms with Gasteiger partial charge in [-0.2, -0.15) is 0 Å². The lowest BCUT2D eigenvalue weighted by Gasteiger charge is -2.41. The number of aromatic nitrogens is 1. The molecule has 5 nitrogen and oxygen atoms in total. The Balaban J connectivity index is 1.72. The van der Waals surface area contributed by atoms with Gasteiger partial charge < -0.3 is 10.0 Å². The third kappa shape index (κ3) is 2.46. The van der Waals surface area contributed by atoms with Crippen molar-refractivity contribution in [2.75, 3.05) is 13.1 Å². The van der Waals surface area contributed by atoms with Crippen LogP contribution in [0.2, 0.25) is 0 Å². The summed E-state index contributed by atoms with van der Waals surface area (Å²) in [6.07, 6.45) is 0.